The van der Waals surface area contributed by atoms with Crippen molar-refractivity contribution in [1.82, 2.24) is 15.6 Å². The van der Waals surface area contributed by atoms with E-state index in [1.165, 1.54) is 36.4 Å². The van der Waals surface area contributed by atoms with E-state index < -0.39 is 35.3 Å². The van der Waals surface area contributed by atoms with Gasteiger partial charge in [-0.05, 0) is 56.4 Å². The maximum Gasteiger partial charge on any atom is 0.417 e. The van der Waals surface area contributed by atoms with Crippen LogP contribution in [0.5, 0.6) is 0 Å². The van der Waals surface area contributed by atoms with E-state index >= 15 is 0 Å². The fraction of sp³-hybridized carbons (Fsp3) is 0.333. The van der Waals surface area contributed by atoms with Gasteiger partial charge in [-0.3, -0.25) is 14.4 Å². The molecule has 1 aromatic heterocycles. The number of allylic oxidation sites excluding steroid dienone is 1. The molecule has 0 saturated carbocycles. The van der Waals surface area contributed by atoms with Gasteiger partial charge in [0, 0.05) is 36.1 Å². The van der Waals surface area contributed by atoms with Gasteiger partial charge in [0.1, 0.15) is 5.70 Å². The van der Waals surface area contributed by atoms with Crippen LogP contribution in [0.1, 0.15) is 54.2 Å². The van der Waals surface area contributed by atoms with Crippen LogP contribution in [-0.4, -0.2) is 41.7 Å². The van der Waals surface area contributed by atoms with Crippen LogP contribution in [0.15, 0.2) is 78.5 Å². The Morgan fingerprint density at radius 3 is 2.45 bits per heavy atom. The Kier molecular flexibility index (Phi) is 10.8. The molecule has 1 aliphatic heterocycles. The number of hydrogen-bond donors (Lipinski definition) is 3. The minimum Gasteiger partial charge on any atom is -0.461 e. The summed E-state index contributed by atoms with van der Waals surface area (Å²) in [7, 11) is 0. The van der Waals surface area contributed by atoms with Crippen LogP contribution in [0.4, 0.5) is 13.2 Å². The van der Waals surface area contributed by atoms with Crippen molar-refractivity contribution in [3.8, 4) is 11.3 Å². The molecule has 2 aromatic carbocycles. The number of H-pyrrole nitrogens is 1. The smallest absolute Gasteiger partial charge is 0.417 e. The summed E-state index contributed by atoms with van der Waals surface area (Å²) in [6, 6.07) is 16.9. The fourth-order valence-corrected chi connectivity index (χ4v) is 5.15. The van der Waals surface area contributed by atoms with Gasteiger partial charge in [0.05, 0.1) is 17.9 Å². The van der Waals surface area contributed by atoms with Gasteiger partial charge in [-0.1, -0.05) is 54.6 Å². The highest BCUT2D eigenvalue weighted by molar-refractivity contribution is 6.00. The first kappa shape index (κ1) is 32.2. The number of benzene rings is 2. The van der Waals surface area contributed by atoms with Crippen LogP contribution < -0.4 is 10.6 Å². The predicted octanol–water partition coefficient (Wildman–Crippen LogP) is 5.61. The number of alkyl halides is 3. The van der Waals surface area contributed by atoms with Gasteiger partial charge in [0.2, 0.25) is 11.8 Å². The number of ether oxygens (including phenoxy) is 1. The number of aromatic amines is 1. The molecule has 0 unspecified atom stereocenters. The number of hydrogen-bond acceptors (Lipinski definition) is 5. The molecule has 4 rings (SSSR count). The molecule has 44 heavy (non-hydrogen) atoms. The zero-order chi connectivity index (χ0) is 31.7. The quantitative estimate of drug-likeness (QED) is 0.132. The molecule has 8 nitrogen and oxygen atoms in total. The maximum absolute atomic E-state index is 13.6. The number of carbonyl (C=O) groups excluding carboxylic acids is 4. The van der Waals surface area contributed by atoms with Gasteiger partial charge < -0.3 is 20.4 Å². The molecule has 1 aliphatic rings. The molecule has 1 saturated heterocycles. The predicted molar refractivity (Wildman–Crippen MR) is 157 cm³/mol. The summed E-state index contributed by atoms with van der Waals surface area (Å²) in [5.74, 6) is -2.95. The van der Waals surface area contributed by atoms with Crippen LogP contribution in [0.25, 0.3) is 11.3 Å². The Balaban J connectivity index is 1.54. The normalized spacial score (nSPS) is 15.9. The zero-order valence-corrected chi connectivity index (χ0v) is 24.2. The first-order valence-corrected chi connectivity index (χ1v) is 14.4. The SMILES string of the molecule is CCOC(=O)/C(=C/CC[C@H]1CCNC1=O)NC(=O)[C@@H](CC(=O)c1ccc(-c2ccccc2C(F)(F)F)[nH]1)Cc1ccccc1. The molecule has 1 fully saturated rings. The topological polar surface area (TPSA) is 117 Å². The van der Waals surface area contributed by atoms with Gasteiger partial charge >= 0.3 is 12.1 Å². The standard InChI is InChI=1S/C33H34F3N3O5/c1-2-44-32(43)28(14-8-11-22-17-18-37-30(22)41)39-31(42)23(19-21-9-4-3-5-10-21)20-29(40)27-16-15-26(38-27)24-12-6-7-13-25(24)33(34,35)36/h3-7,9-10,12-16,22-23,38H,2,8,11,17-20H2,1H3,(H,37,41)(H,39,42)/b28-14-/t22-,23+/m0/s1. The highest BCUT2D eigenvalue weighted by atomic mass is 19.4. The number of aromatic nitrogens is 1. The largest absolute Gasteiger partial charge is 0.461 e. The Labute approximate surface area is 253 Å². The summed E-state index contributed by atoms with van der Waals surface area (Å²) >= 11 is 0. The minimum atomic E-state index is -4.58. The molecule has 232 valence electrons. The molecule has 2 amide bonds. The van der Waals surface area contributed by atoms with Gasteiger partial charge in [0.25, 0.3) is 0 Å². The second-order valence-electron chi connectivity index (χ2n) is 10.5. The van der Waals surface area contributed by atoms with E-state index in [9.17, 15) is 32.3 Å². The second-order valence-corrected chi connectivity index (χ2v) is 10.5. The zero-order valence-electron chi connectivity index (χ0n) is 24.2. The third-order valence-corrected chi connectivity index (χ3v) is 7.42. The number of esters is 1. The summed E-state index contributed by atoms with van der Waals surface area (Å²) in [6.45, 7) is 2.31. The van der Waals surface area contributed by atoms with Crippen molar-refractivity contribution in [3.63, 3.8) is 0 Å². The van der Waals surface area contributed by atoms with Crippen molar-refractivity contribution < 1.29 is 37.1 Å². The fourth-order valence-electron chi connectivity index (χ4n) is 5.15. The number of Topliss-reactive ketones (excluding diaryl/α,β-unsaturated/α-hetero) is 1. The first-order valence-electron chi connectivity index (χ1n) is 14.4. The number of ketones is 1. The molecular formula is C33H34F3N3O5. The van der Waals surface area contributed by atoms with Crippen molar-refractivity contribution in [2.75, 3.05) is 13.2 Å². The lowest BCUT2D eigenvalue weighted by atomic mass is 9.92. The summed E-state index contributed by atoms with van der Waals surface area (Å²) in [5, 5.41) is 5.40. The van der Waals surface area contributed by atoms with E-state index in [0.29, 0.717) is 25.8 Å². The molecule has 0 radical (unpaired) electrons. The molecule has 0 bridgehead atoms. The Morgan fingerprint density at radius 1 is 1.05 bits per heavy atom. The second kappa shape index (κ2) is 14.7. The van der Waals surface area contributed by atoms with Gasteiger partial charge in [0.15, 0.2) is 5.78 Å². The molecular weight excluding hydrogens is 575 g/mol. The molecule has 3 aromatic rings. The van der Waals surface area contributed by atoms with Crippen LogP contribution in [0, 0.1) is 11.8 Å². The summed E-state index contributed by atoms with van der Waals surface area (Å²) in [6.07, 6.45) is -1.64. The lowest BCUT2D eigenvalue weighted by Crippen LogP contribution is -2.36. The molecule has 2 heterocycles. The van der Waals surface area contributed by atoms with Crippen LogP contribution in [0.2, 0.25) is 0 Å². The van der Waals surface area contributed by atoms with Crippen molar-refractivity contribution in [2.45, 2.75) is 45.2 Å². The average molecular weight is 610 g/mol. The van der Waals surface area contributed by atoms with Crippen LogP contribution >= 0.6 is 0 Å². The van der Waals surface area contributed by atoms with E-state index in [2.05, 4.69) is 15.6 Å². The van der Waals surface area contributed by atoms with E-state index in [1.54, 1.807) is 31.2 Å². The number of rotatable bonds is 13. The maximum atomic E-state index is 13.6. The molecule has 2 atom stereocenters. The summed E-state index contributed by atoms with van der Waals surface area (Å²) in [5.41, 5.74) is -0.0640. The van der Waals surface area contributed by atoms with E-state index in [4.69, 9.17) is 4.74 Å². The van der Waals surface area contributed by atoms with E-state index in [-0.39, 0.29) is 53.9 Å². The highest BCUT2D eigenvalue weighted by Crippen LogP contribution is 2.36. The van der Waals surface area contributed by atoms with Crippen molar-refractivity contribution in [3.05, 3.63) is 95.3 Å². The average Bonchev–Trinajstić information content (AvgIpc) is 3.66. The Bertz CT molecular complexity index is 1510. The number of halogens is 3. The van der Waals surface area contributed by atoms with Crippen molar-refractivity contribution in [1.29, 1.82) is 0 Å². The minimum absolute atomic E-state index is 0.0454. The summed E-state index contributed by atoms with van der Waals surface area (Å²) in [4.78, 5) is 54.3. The molecule has 11 heteroatoms. The number of nitrogens with one attached hydrogen (secondary N) is 3. The Morgan fingerprint density at radius 2 is 1.77 bits per heavy atom. The van der Waals surface area contributed by atoms with Crippen molar-refractivity contribution in [2.24, 2.45) is 11.8 Å². The Hall–Kier alpha value is -4.67. The monoisotopic (exact) mass is 609 g/mol. The third kappa shape index (κ3) is 8.46. The first-order chi connectivity index (χ1) is 21.1. The van der Waals surface area contributed by atoms with Gasteiger partial charge in [-0.15, -0.1) is 0 Å². The molecule has 3 N–H and O–H groups in total. The third-order valence-electron chi connectivity index (χ3n) is 7.42. The highest BCUT2D eigenvalue weighted by Gasteiger charge is 2.34. The lowest BCUT2D eigenvalue weighted by molar-refractivity contribution is -0.140. The lowest BCUT2D eigenvalue weighted by Gasteiger charge is -2.18. The van der Waals surface area contributed by atoms with Gasteiger partial charge in [-0.2, -0.15) is 13.2 Å². The van der Waals surface area contributed by atoms with E-state index in [1.807, 2.05) is 6.07 Å². The number of carbonyl (C=O) groups is 4. The van der Waals surface area contributed by atoms with Crippen molar-refractivity contribution >= 4 is 23.6 Å². The number of amides is 2. The van der Waals surface area contributed by atoms with Crippen LogP contribution in [0.3, 0.4) is 0 Å². The van der Waals surface area contributed by atoms with E-state index in [0.717, 1.165) is 11.6 Å². The van der Waals surface area contributed by atoms with Gasteiger partial charge in [-0.25, -0.2) is 4.79 Å². The molecule has 0 spiro atoms. The van der Waals surface area contributed by atoms with Crippen LogP contribution in [-0.2, 0) is 31.7 Å². The summed E-state index contributed by atoms with van der Waals surface area (Å²) < 4.78 is 45.8. The molecule has 0 aliphatic carbocycles.